The summed E-state index contributed by atoms with van der Waals surface area (Å²) >= 11 is 0. The minimum Gasteiger partial charge on any atom is -0.411 e. The van der Waals surface area contributed by atoms with Crippen molar-refractivity contribution in [1.82, 2.24) is 0 Å². The Hall–Kier alpha value is -2.28. The van der Waals surface area contributed by atoms with Crippen LogP contribution in [0.4, 0.5) is 0 Å². The highest BCUT2D eigenvalue weighted by atomic mass is 28.4. The monoisotopic (exact) mass is 516 g/mol. The van der Waals surface area contributed by atoms with Gasteiger partial charge in [0.25, 0.3) is 0 Å². The predicted molar refractivity (Wildman–Crippen MR) is 150 cm³/mol. The Morgan fingerprint density at radius 1 is 0.757 bits per heavy atom. The van der Waals surface area contributed by atoms with Gasteiger partial charge in [0.2, 0.25) is 0 Å². The van der Waals surface area contributed by atoms with Crippen molar-refractivity contribution < 1.29 is 18.6 Å². The molecule has 196 valence electrons. The molecule has 4 atom stereocenters. The number of hydrogen-bond donors (Lipinski definition) is 0. The van der Waals surface area contributed by atoms with Gasteiger partial charge in [0.1, 0.15) is 17.8 Å². The van der Waals surface area contributed by atoms with E-state index in [-0.39, 0.29) is 29.5 Å². The molecular weight excluding hydrogens is 476 g/mol. The van der Waals surface area contributed by atoms with E-state index in [1.807, 2.05) is 18.2 Å². The zero-order chi connectivity index (χ0) is 26.1. The van der Waals surface area contributed by atoms with E-state index in [4.69, 9.17) is 18.6 Å². The molecule has 0 aliphatic carbocycles. The Morgan fingerprint density at radius 3 is 1.62 bits per heavy atom. The van der Waals surface area contributed by atoms with Crippen LogP contribution in [0.15, 0.2) is 91.0 Å². The average molecular weight is 517 g/mol. The van der Waals surface area contributed by atoms with E-state index in [1.54, 1.807) is 0 Å². The van der Waals surface area contributed by atoms with Crippen molar-refractivity contribution in [2.45, 2.75) is 75.3 Å². The minimum absolute atomic E-state index is 0.0184. The zero-order valence-electron chi connectivity index (χ0n) is 22.7. The summed E-state index contributed by atoms with van der Waals surface area (Å²) in [7, 11) is -2.00. The molecule has 2 aliphatic rings. The molecule has 4 nitrogen and oxygen atoms in total. The Bertz CT molecular complexity index is 1040. The molecule has 0 saturated carbocycles. The van der Waals surface area contributed by atoms with Crippen LogP contribution in [-0.4, -0.2) is 45.9 Å². The van der Waals surface area contributed by atoms with Gasteiger partial charge in [0.15, 0.2) is 8.32 Å². The fourth-order valence-electron chi connectivity index (χ4n) is 5.06. The average Bonchev–Trinajstić information content (AvgIpc) is 3.67. The van der Waals surface area contributed by atoms with E-state index in [9.17, 15) is 0 Å². The summed E-state index contributed by atoms with van der Waals surface area (Å²) in [6, 6.07) is 31.5. The van der Waals surface area contributed by atoms with Crippen LogP contribution in [0.3, 0.4) is 0 Å². The minimum atomic E-state index is -2.00. The normalized spacial score (nSPS) is 24.2. The topological polar surface area (TPSA) is 40.2 Å². The fourth-order valence-corrected chi connectivity index (χ4v) is 6.42. The Balaban J connectivity index is 1.51. The molecule has 3 aromatic rings. The SMILES string of the molecule is CC(C)(C)[Si](C)(C)O[C@@H]1C[C@@H]([C@H]2CO2)O[C@@H]1COC(c1ccccc1)(c1ccccc1)c1ccccc1. The number of epoxide rings is 1. The second kappa shape index (κ2) is 10.5. The largest absolute Gasteiger partial charge is 0.411 e. The zero-order valence-corrected chi connectivity index (χ0v) is 23.7. The first-order chi connectivity index (χ1) is 17.7. The maximum Gasteiger partial charge on any atom is 0.192 e. The fraction of sp³-hybridized carbons (Fsp3) is 0.438. The lowest BCUT2D eigenvalue weighted by Gasteiger charge is -2.40. The molecule has 0 amide bonds. The summed E-state index contributed by atoms with van der Waals surface area (Å²) in [6.07, 6.45) is 0.898. The molecule has 0 spiro atoms. The van der Waals surface area contributed by atoms with Crippen LogP contribution in [0.25, 0.3) is 0 Å². The summed E-state index contributed by atoms with van der Waals surface area (Å²) in [4.78, 5) is 0. The molecule has 2 heterocycles. The first-order valence-corrected chi connectivity index (χ1v) is 16.4. The van der Waals surface area contributed by atoms with Crippen molar-refractivity contribution in [2.75, 3.05) is 13.2 Å². The van der Waals surface area contributed by atoms with Crippen LogP contribution >= 0.6 is 0 Å². The van der Waals surface area contributed by atoms with E-state index in [2.05, 4.69) is 107 Å². The van der Waals surface area contributed by atoms with Crippen LogP contribution in [0.1, 0.15) is 43.9 Å². The van der Waals surface area contributed by atoms with Gasteiger partial charge in [-0.25, -0.2) is 0 Å². The van der Waals surface area contributed by atoms with Gasteiger partial charge < -0.3 is 18.6 Å². The molecule has 0 radical (unpaired) electrons. The van der Waals surface area contributed by atoms with Gasteiger partial charge in [0, 0.05) is 6.42 Å². The maximum absolute atomic E-state index is 7.12. The summed E-state index contributed by atoms with van der Waals surface area (Å²) in [5.41, 5.74) is 2.50. The molecule has 0 aromatic heterocycles. The number of benzene rings is 3. The van der Waals surface area contributed by atoms with Gasteiger partial charge in [-0.15, -0.1) is 0 Å². The highest BCUT2D eigenvalue weighted by Crippen LogP contribution is 2.44. The summed E-state index contributed by atoms with van der Waals surface area (Å²) in [5.74, 6) is 0. The van der Waals surface area contributed by atoms with E-state index < -0.39 is 13.9 Å². The third-order valence-electron chi connectivity index (χ3n) is 8.26. The van der Waals surface area contributed by atoms with E-state index in [0.717, 1.165) is 29.7 Å². The molecule has 2 saturated heterocycles. The quantitative estimate of drug-likeness (QED) is 0.175. The third kappa shape index (κ3) is 5.47. The molecule has 5 rings (SSSR count). The van der Waals surface area contributed by atoms with E-state index in [1.165, 1.54) is 0 Å². The second-order valence-electron chi connectivity index (χ2n) is 11.8. The summed E-state index contributed by atoms with van der Waals surface area (Å²) < 4.78 is 26.3. The van der Waals surface area contributed by atoms with Crippen molar-refractivity contribution in [3.05, 3.63) is 108 Å². The Morgan fingerprint density at radius 2 is 1.22 bits per heavy atom. The predicted octanol–water partition coefficient (Wildman–Crippen LogP) is 6.94. The van der Waals surface area contributed by atoms with Crippen LogP contribution in [0, 0.1) is 0 Å². The standard InChI is InChI=1S/C32H40O4Si/c1-31(2,3)37(4,5)36-28-21-27(29-22-33-29)35-30(28)23-34-32(24-15-9-6-10-16-24,25-17-11-7-12-18-25)26-19-13-8-14-20-26/h6-20,27-30H,21-23H2,1-5H3/t27-,28+,29+,30+/m0/s1. The molecule has 0 unspecified atom stereocenters. The Labute approximate surface area is 223 Å². The van der Waals surface area contributed by atoms with Gasteiger partial charge >= 0.3 is 0 Å². The van der Waals surface area contributed by atoms with Gasteiger partial charge in [-0.3, -0.25) is 0 Å². The van der Waals surface area contributed by atoms with E-state index >= 15 is 0 Å². The lowest BCUT2D eigenvalue weighted by molar-refractivity contribution is -0.0830. The van der Waals surface area contributed by atoms with Crippen molar-refractivity contribution >= 4 is 8.32 Å². The highest BCUT2D eigenvalue weighted by molar-refractivity contribution is 6.74. The first-order valence-electron chi connectivity index (χ1n) is 13.5. The smallest absolute Gasteiger partial charge is 0.192 e. The van der Waals surface area contributed by atoms with Gasteiger partial charge in [-0.2, -0.15) is 0 Å². The van der Waals surface area contributed by atoms with Crippen LogP contribution in [-0.2, 0) is 24.2 Å². The number of ether oxygens (including phenoxy) is 3. The lowest BCUT2D eigenvalue weighted by atomic mass is 9.80. The molecule has 0 bridgehead atoms. The summed E-state index contributed by atoms with van der Waals surface area (Å²) in [5, 5.41) is 0.119. The van der Waals surface area contributed by atoms with Crippen LogP contribution in [0.5, 0.6) is 0 Å². The van der Waals surface area contributed by atoms with Crippen molar-refractivity contribution in [2.24, 2.45) is 0 Å². The highest BCUT2D eigenvalue weighted by Gasteiger charge is 2.49. The third-order valence-corrected chi connectivity index (χ3v) is 12.8. The van der Waals surface area contributed by atoms with Gasteiger partial charge in [-0.1, -0.05) is 112 Å². The van der Waals surface area contributed by atoms with Gasteiger partial charge in [0.05, 0.1) is 25.4 Å². The van der Waals surface area contributed by atoms with Crippen LogP contribution in [0.2, 0.25) is 18.1 Å². The van der Waals surface area contributed by atoms with E-state index in [0.29, 0.717) is 6.61 Å². The van der Waals surface area contributed by atoms with Crippen molar-refractivity contribution in [3.8, 4) is 0 Å². The van der Waals surface area contributed by atoms with Crippen LogP contribution < -0.4 is 0 Å². The molecule has 0 N–H and O–H groups in total. The maximum atomic E-state index is 7.12. The van der Waals surface area contributed by atoms with Crippen molar-refractivity contribution in [1.29, 1.82) is 0 Å². The number of hydrogen-bond acceptors (Lipinski definition) is 4. The molecule has 37 heavy (non-hydrogen) atoms. The molecule has 5 heteroatoms. The number of rotatable bonds is 9. The molecule has 2 fully saturated rings. The van der Waals surface area contributed by atoms with Crippen molar-refractivity contribution in [3.63, 3.8) is 0 Å². The first kappa shape index (κ1) is 26.3. The van der Waals surface area contributed by atoms with Gasteiger partial charge in [-0.05, 0) is 34.8 Å². The molecule has 3 aromatic carbocycles. The Kier molecular flexibility index (Phi) is 7.45. The molecule has 2 aliphatic heterocycles. The lowest BCUT2D eigenvalue weighted by Crippen LogP contribution is -2.47. The second-order valence-corrected chi connectivity index (χ2v) is 16.6. The summed E-state index contributed by atoms with van der Waals surface area (Å²) in [6.45, 7) is 12.7. The molecular formula is C32H40O4Si.